The van der Waals surface area contributed by atoms with Gasteiger partial charge in [0.2, 0.25) is 11.8 Å². The Kier molecular flexibility index (Phi) is 8.94. The fourth-order valence-electron chi connectivity index (χ4n) is 3.48. The molecule has 1 atom stereocenters. The van der Waals surface area contributed by atoms with E-state index in [9.17, 15) is 22.4 Å². The Morgan fingerprint density at radius 1 is 0.972 bits per heavy atom. The molecule has 2 amide bonds. The first-order valence-electron chi connectivity index (χ1n) is 10.8. The van der Waals surface area contributed by atoms with Gasteiger partial charge >= 0.3 is 0 Å². The van der Waals surface area contributed by atoms with Crippen molar-refractivity contribution in [1.29, 1.82) is 0 Å². The Labute approximate surface area is 219 Å². The third-order valence-electron chi connectivity index (χ3n) is 5.48. The fourth-order valence-corrected chi connectivity index (χ4v) is 5.22. The van der Waals surface area contributed by atoms with Crippen molar-refractivity contribution >= 4 is 50.7 Å². The van der Waals surface area contributed by atoms with Crippen LogP contribution in [0.25, 0.3) is 0 Å². The van der Waals surface area contributed by atoms with Crippen LogP contribution >= 0.6 is 23.2 Å². The second-order valence-corrected chi connectivity index (χ2v) is 10.5. The van der Waals surface area contributed by atoms with E-state index in [4.69, 9.17) is 23.2 Å². The van der Waals surface area contributed by atoms with Crippen molar-refractivity contribution in [3.05, 3.63) is 94.2 Å². The van der Waals surface area contributed by atoms with Crippen molar-refractivity contribution in [2.75, 3.05) is 17.9 Å². The maximum Gasteiger partial charge on any atom is 0.264 e. The molecule has 0 aliphatic heterocycles. The molecule has 11 heteroatoms. The number of halogens is 3. The van der Waals surface area contributed by atoms with Crippen molar-refractivity contribution in [3.63, 3.8) is 0 Å². The van der Waals surface area contributed by atoms with E-state index in [1.54, 1.807) is 48.5 Å². The Morgan fingerprint density at radius 3 is 2.19 bits per heavy atom. The molecule has 0 aliphatic carbocycles. The number of carbonyl (C=O) groups is 2. The minimum atomic E-state index is -4.26. The molecule has 3 aromatic rings. The number of hydrogen-bond acceptors (Lipinski definition) is 4. The van der Waals surface area contributed by atoms with E-state index in [2.05, 4.69) is 5.32 Å². The highest BCUT2D eigenvalue weighted by molar-refractivity contribution is 7.92. The molecule has 0 saturated heterocycles. The van der Waals surface area contributed by atoms with Gasteiger partial charge in [-0.3, -0.25) is 13.9 Å². The lowest BCUT2D eigenvalue weighted by atomic mass is 10.1. The first-order valence-corrected chi connectivity index (χ1v) is 13.0. The smallest absolute Gasteiger partial charge is 0.264 e. The van der Waals surface area contributed by atoms with Crippen LogP contribution in [-0.2, 0) is 26.2 Å². The normalized spacial score (nSPS) is 12.0. The summed E-state index contributed by atoms with van der Waals surface area (Å²) in [7, 11) is -2.82. The summed E-state index contributed by atoms with van der Waals surface area (Å²) in [6.45, 7) is 0.908. The number of anilines is 1. The SMILES string of the molecule is CNC(=O)[C@H](C)N(Cc1ccc(Cl)c(Cl)c1)C(=O)CN(c1ccccc1)S(=O)(=O)c1ccc(F)cc1. The zero-order valence-electron chi connectivity index (χ0n) is 19.5. The highest BCUT2D eigenvalue weighted by Crippen LogP contribution is 2.26. The number of carbonyl (C=O) groups excluding carboxylic acids is 2. The van der Waals surface area contributed by atoms with E-state index in [1.807, 2.05) is 0 Å². The molecule has 0 saturated carbocycles. The van der Waals surface area contributed by atoms with E-state index in [0.29, 0.717) is 10.6 Å². The predicted octanol–water partition coefficient (Wildman–Crippen LogP) is 4.49. The largest absolute Gasteiger partial charge is 0.357 e. The quantitative estimate of drug-likeness (QED) is 0.424. The van der Waals surface area contributed by atoms with E-state index in [0.717, 1.165) is 28.6 Å². The van der Waals surface area contributed by atoms with Crippen LogP contribution in [0.3, 0.4) is 0 Å². The van der Waals surface area contributed by atoms with Crippen molar-refractivity contribution in [2.45, 2.75) is 24.4 Å². The topological polar surface area (TPSA) is 86.8 Å². The van der Waals surface area contributed by atoms with Gasteiger partial charge in [-0.1, -0.05) is 47.5 Å². The van der Waals surface area contributed by atoms with Crippen LogP contribution in [0.15, 0.2) is 77.7 Å². The second-order valence-electron chi connectivity index (χ2n) is 7.86. The number of amides is 2. The lowest BCUT2D eigenvalue weighted by Gasteiger charge is -2.31. The van der Waals surface area contributed by atoms with Gasteiger partial charge in [0.25, 0.3) is 10.0 Å². The number of nitrogens with one attached hydrogen (secondary N) is 1. The van der Waals surface area contributed by atoms with Crippen LogP contribution < -0.4 is 9.62 Å². The van der Waals surface area contributed by atoms with Crippen molar-refractivity contribution in [1.82, 2.24) is 10.2 Å². The van der Waals surface area contributed by atoms with E-state index < -0.39 is 40.2 Å². The van der Waals surface area contributed by atoms with Crippen molar-refractivity contribution < 1.29 is 22.4 Å². The summed E-state index contributed by atoms with van der Waals surface area (Å²) in [5, 5.41) is 3.11. The predicted molar refractivity (Wildman–Crippen MR) is 138 cm³/mol. The number of benzene rings is 3. The Hall–Kier alpha value is -3.14. The lowest BCUT2D eigenvalue weighted by molar-refractivity contribution is -0.139. The molecule has 1 N–H and O–H groups in total. The van der Waals surface area contributed by atoms with Crippen LogP contribution in [0, 0.1) is 5.82 Å². The van der Waals surface area contributed by atoms with Crippen LogP contribution in [-0.4, -0.2) is 44.8 Å². The van der Waals surface area contributed by atoms with Gasteiger partial charge in [-0.05, 0) is 61.0 Å². The monoisotopic (exact) mass is 551 g/mol. The van der Waals surface area contributed by atoms with E-state index in [1.165, 1.54) is 18.9 Å². The first-order chi connectivity index (χ1) is 17.0. The lowest BCUT2D eigenvalue weighted by Crippen LogP contribution is -2.50. The summed E-state index contributed by atoms with van der Waals surface area (Å²) in [6.07, 6.45) is 0. The highest BCUT2D eigenvalue weighted by Gasteiger charge is 2.32. The zero-order valence-corrected chi connectivity index (χ0v) is 21.8. The number of rotatable bonds is 9. The Morgan fingerprint density at radius 2 is 1.61 bits per heavy atom. The van der Waals surface area contributed by atoms with Crippen LogP contribution in [0.5, 0.6) is 0 Å². The average molecular weight is 552 g/mol. The van der Waals surface area contributed by atoms with Crippen molar-refractivity contribution in [3.8, 4) is 0 Å². The first kappa shape index (κ1) is 27.4. The second kappa shape index (κ2) is 11.7. The van der Waals surface area contributed by atoms with Crippen LogP contribution in [0.2, 0.25) is 10.0 Å². The number of hydrogen-bond donors (Lipinski definition) is 1. The summed E-state index contributed by atoms with van der Waals surface area (Å²) in [4.78, 5) is 27.1. The van der Waals surface area contributed by atoms with Gasteiger partial charge in [0.15, 0.2) is 0 Å². The molecule has 0 aromatic heterocycles. The van der Waals surface area contributed by atoms with Gasteiger partial charge in [-0.25, -0.2) is 12.8 Å². The minimum Gasteiger partial charge on any atom is -0.357 e. The summed E-state index contributed by atoms with van der Waals surface area (Å²) in [6, 6.07) is 16.3. The molecular formula is C25H24Cl2FN3O4S. The number of sulfonamides is 1. The van der Waals surface area contributed by atoms with E-state index >= 15 is 0 Å². The van der Waals surface area contributed by atoms with Gasteiger partial charge in [0.1, 0.15) is 18.4 Å². The molecule has 0 heterocycles. The van der Waals surface area contributed by atoms with Crippen LogP contribution in [0.4, 0.5) is 10.1 Å². The molecule has 0 bridgehead atoms. The molecule has 0 radical (unpaired) electrons. The number of nitrogens with zero attached hydrogens (tertiary/aromatic N) is 2. The standard InChI is InChI=1S/C25H24Cl2FN3O4S/c1-17(25(33)29-2)30(15-18-8-13-22(26)23(27)14-18)24(32)16-31(20-6-4-3-5-7-20)36(34,35)21-11-9-19(28)10-12-21/h3-14,17H,15-16H2,1-2H3,(H,29,33)/t17-/m0/s1. The third kappa shape index (κ3) is 6.34. The van der Waals surface area contributed by atoms with E-state index in [-0.39, 0.29) is 22.2 Å². The molecule has 3 aromatic carbocycles. The minimum absolute atomic E-state index is 0.0243. The Bertz CT molecular complexity index is 1340. The zero-order chi connectivity index (χ0) is 26.5. The van der Waals surface area contributed by atoms with Crippen molar-refractivity contribution in [2.24, 2.45) is 0 Å². The van der Waals surface area contributed by atoms with Gasteiger partial charge in [0.05, 0.1) is 20.6 Å². The molecule has 0 aliphatic rings. The van der Waals surface area contributed by atoms with Gasteiger partial charge < -0.3 is 10.2 Å². The maximum absolute atomic E-state index is 13.6. The summed E-state index contributed by atoms with van der Waals surface area (Å²) in [5.41, 5.74) is 0.832. The molecule has 3 rings (SSSR count). The number of likely N-dealkylation sites (N-methyl/N-ethyl adjacent to an activating group) is 1. The van der Waals surface area contributed by atoms with Crippen LogP contribution in [0.1, 0.15) is 12.5 Å². The van der Waals surface area contributed by atoms with Gasteiger partial charge in [-0.2, -0.15) is 0 Å². The van der Waals surface area contributed by atoms with Gasteiger partial charge in [0, 0.05) is 13.6 Å². The maximum atomic E-state index is 13.6. The Balaban J connectivity index is 2.01. The van der Waals surface area contributed by atoms with Gasteiger partial charge in [-0.15, -0.1) is 0 Å². The number of para-hydroxylation sites is 1. The summed E-state index contributed by atoms with van der Waals surface area (Å²) in [5.74, 6) is -1.66. The summed E-state index contributed by atoms with van der Waals surface area (Å²) < 4.78 is 41.4. The highest BCUT2D eigenvalue weighted by atomic mass is 35.5. The molecule has 0 unspecified atom stereocenters. The third-order valence-corrected chi connectivity index (χ3v) is 8.00. The molecule has 7 nitrogen and oxygen atoms in total. The fraction of sp³-hybridized carbons (Fsp3) is 0.200. The average Bonchev–Trinajstić information content (AvgIpc) is 2.87. The summed E-state index contributed by atoms with van der Waals surface area (Å²) >= 11 is 12.1. The molecule has 0 spiro atoms. The molecular weight excluding hydrogens is 528 g/mol. The molecule has 36 heavy (non-hydrogen) atoms. The molecule has 0 fully saturated rings. The molecule has 190 valence electrons.